The summed E-state index contributed by atoms with van der Waals surface area (Å²) >= 11 is 0. The van der Waals surface area contributed by atoms with Crippen LogP contribution >= 0.6 is 7.92 Å². The van der Waals surface area contributed by atoms with E-state index in [4.69, 9.17) is 4.74 Å². The molecule has 0 saturated heterocycles. The molecule has 0 fully saturated rings. The zero-order valence-electron chi connectivity index (χ0n) is 17.3. The summed E-state index contributed by atoms with van der Waals surface area (Å²) in [6.07, 6.45) is 6.97. The number of nitrogens with zero attached hydrogens (tertiary/aromatic N) is 5. The van der Waals surface area contributed by atoms with Crippen molar-refractivity contribution in [2.45, 2.75) is 26.0 Å². The van der Waals surface area contributed by atoms with Crippen LogP contribution in [0.15, 0.2) is 65.7 Å². The molecule has 1 aromatic carbocycles. The SMILES string of the molecule is CP1C=Cc2nc(-c3cc[n+](CCCC(=O)OCc4ccccc4)cc3)nnc2N=C1. The van der Waals surface area contributed by atoms with Crippen LogP contribution in [0.4, 0.5) is 5.82 Å². The number of aliphatic imine (C=N–C) groups is 1. The third-order valence-corrected chi connectivity index (χ3v) is 5.81. The Hall–Kier alpha value is -3.31. The number of carbonyl (C=O) groups is 1. The highest BCUT2D eigenvalue weighted by molar-refractivity contribution is 7.75. The maximum Gasteiger partial charge on any atom is 0.306 e. The van der Waals surface area contributed by atoms with E-state index in [1.165, 1.54) is 0 Å². The fourth-order valence-corrected chi connectivity index (χ4v) is 3.75. The van der Waals surface area contributed by atoms with Crippen LogP contribution in [0.1, 0.15) is 24.1 Å². The van der Waals surface area contributed by atoms with Gasteiger partial charge in [-0.2, -0.15) is 0 Å². The van der Waals surface area contributed by atoms with Crippen LogP contribution in [0.25, 0.3) is 17.5 Å². The topological polar surface area (TPSA) is 81.2 Å². The van der Waals surface area contributed by atoms with Gasteiger partial charge in [-0.3, -0.25) is 4.79 Å². The molecule has 0 radical (unpaired) electrons. The molecule has 0 N–H and O–H groups in total. The largest absolute Gasteiger partial charge is 0.461 e. The summed E-state index contributed by atoms with van der Waals surface area (Å²) in [6, 6.07) is 13.6. The van der Waals surface area contributed by atoms with E-state index in [0.29, 0.717) is 31.1 Å². The van der Waals surface area contributed by atoms with Gasteiger partial charge in [0.2, 0.25) is 5.82 Å². The minimum absolute atomic E-state index is 0.183. The molecule has 0 aliphatic carbocycles. The standard InChI is InChI=1S/C23H23N5O2P/c1-31-15-11-20-23(24-17-31)27-26-22(25-20)19-9-13-28(14-10-19)12-5-8-21(29)30-16-18-6-3-2-4-7-18/h2-4,6-7,9-11,13-15,17H,5,8,12,16H2,1H3/q+1. The van der Waals surface area contributed by atoms with Crippen molar-refractivity contribution in [3.05, 3.63) is 71.9 Å². The molecule has 7 nitrogen and oxygen atoms in total. The average molecular weight is 432 g/mol. The van der Waals surface area contributed by atoms with Crippen molar-refractivity contribution in [3.8, 4) is 11.4 Å². The van der Waals surface area contributed by atoms with Gasteiger partial charge < -0.3 is 4.74 Å². The van der Waals surface area contributed by atoms with Crippen LogP contribution in [0.2, 0.25) is 0 Å². The summed E-state index contributed by atoms with van der Waals surface area (Å²) in [6.45, 7) is 3.16. The molecule has 0 bridgehead atoms. The number of carbonyl (C=O) groups excluding carboxylic acids is 1. The maximum atomic E-state index is 11.9. The highest BCUT2D eigenvalue weighted by atomic mass is 31.1. The van der Waals surface area contributed by atoms with Crippen LogP contribution in [-0.4, -0.2) is 33.8 Å². The lowest BCUT2D eigenvalue weighted by Gasteiger charge is -2.04. The molecule has 1 aliphatic rings. The van der Waals surface area contributed by atoms with Gasteiger partial charge >= 0.3 is 5.97 Å². The van der Waals surface area contributed by atoms with Crippen molar-refractivity contribution < 1.29 is 14.1 Å². The number of aryl methyl sites for hydroxylation is 1. The van der Waals surface area contributed by atoms with Crippen LogP contribution in [0, 0.1) is 0 Å². The summed E-state index contributed by atoms with van der Waals surface area (Å²) in [5, 5.41) is 8.43. The number of pyridine rings is 1. The number of hydrogen-bond acceptors (Lipinski definition) is 6. The minimum atomic E-state index is -0.375. The number of aromatic nitrogens is 4. The third kappa shape index (κ3) is 5.86. The molecular formula is C23H23N5O2P+. The second kappa shape index (κ2) is 10.1. The molecule has 0 amide bonds. The molecule has 3 aromatic rings. The Bertz CT molecular complexity index is 1100. The molecule has 1 unspecified atom stereocenters. The van der Waals surface area contributed by atoms with E-state index >= 15 is 0 Å². The van der Waals surface area contributed by atoms with Gasteiger partial charge in [-0.15, -0.1) is 10.2 Å². The molecule has 3 heterocycles. The zero-order chi connectivity index (χ0) is 21.5. The van der Waals surface area contributed by atoms with Gasteiger partial charge in [0, 0.05) is 30.1 Å². The monoisotopic (exact) mass is 432 g/mol. The van der Waals surface area contributed by atoms with E-state index in [2.05, 4.69) is 32.7 Å². The Morgan fingerprint density at radius 3 is 2.71 bits per heavy atom. The first-order valence-electron chi connectivity index (χ1n) is 10.1. The Morgan fingerprint density at radius 2 is 1.90 bits per heavy atom. The lowest BCUT2D eigenvalue weighted by molar-refractivity contribution is -0.697. The fourth-order valence-electron chi connectivity index (χ4n) is 3.00. The van der Waals surface area contributed by atoms with Crippen LogP contribution in [0.3, 0.4) is 0 Å². The van der Waals surface area contributed by atoms with Crippen molar-refractivity contribution in [1.29, 1.82) is 0 Å². The second-order valence-corrected chi connectivity index (χ2v) is 9.00. The van der Waals surface area contributed by atoms with Gasteiger partial charge in [0.25, 0.3) is 0 Å². The summed E-state index contributed by atoms with van der Waals surface area (Å²) < 4.78 is 7.35. The van der Waals surface area contributed by atoms with Crippen LogP contribution in [-0.2, 0) is 22.7 Å². The molecule has 1 atom stereocenters. The quantitative estimate of drug-likeness (QED) is 0.319. The molecular weight excluding hydrogens is 409 g/mol. The highest BCUT2D eigenvalue weighted by Gasteiger charge is 2.12. The summed E-state index contributed by atoms with van der Waals surface area (Å²) in [7, 11) is -0.375. The molecule has 4 rings (SSSR count). The smallest absolute Gasteiger partial charge is 0.306 e. The van der Waals surface area contributed by atoms with Crippen molar-refractivity contribution in [2.24, 2.45) is 4.99 Å². The highest BCUT2D eigenvalue weighted by Crippen LogP contribution is 2.34. The third-order valence-electron chi connectivity index (χ3n) is 4.71. The van der Waals surface area contributed by atoms with E-state index in [1.807, 2.05) is 71.5 Å². The first kappa shape index (κ1) is 20.9. The van der Waals surface area contributed by atoms with E-state index in [1.54, 1.807) is 0 Å². The normalized spacial score (nSPS) is 14.7. The Kier molecular flexibility index (Phi) is 6.85. The number of esters is 1. The van der Waals surface area contributed by atoms with Crippen molar-refractivity contribution >= 4 is 31.7 Å². The number of ether oxygens (including phenoxy) is 1. The summed E-state index contributed by atoms with van der Waals surface area (Å²) in [4.78, 5) is 20.9. The molecule has 1 aliphatic heterocycles. The Morgan fingerprint density at radius 1 is 1.10 bits per heavy atom. The van der Waals surface area contributed by atoms with Gasteiger partial charge in [-0.25, -0.2) is 14.5 Å². The maximum absolute atomic E-state index is 11.9. The molecule has 0 spiro atoms. The Balaban J connectivity index is 1.29. The van der Waals surface area contributed by atoms with Gasteiger partial charge in [-0.05, 0) is 26.2 Å². The summed E-state index contributed by atoms with van der Waals surface area (Å²) in [5.74, 6) is 4.94. The van der Waals surface area contributed by atoms with Crippen LogP contribution < -0.4 is 4.57 Å². The number of fused-ring (bicyclic) bond motifs is 1. The van der Waals surface area contributed by atoms with E-state index in [0.717, 1.165) is 23.4 Å². The van der Waals surface area contributed by atoms with E-state index in [-0.39, 0.29) is 13.9 Å². The van der Waals surface area contributed by atoms with Gasteiger partial charge in [0.1, 0.15) is 18.8 Å². The van der Waals surface area contributed by atoms with Gasteiger partial charge in [-0.1, -0.05) is 36.1 Å². The van der Waals surface area contributed by atoms with E-state index < -0.39 is 0 Å². The molecule has 8 heteroatoms. The van der Waals surface area contributed by atoms with Gasteiger partial charge in [0.05, 0.1) is 6.42 Å². The van der Waals surface area contributed by atoms with Crippen molar-refractivity contribution in [3.63, 3.8) is 0 Å². The Labute approximate surface area is 182 Å². The van der Waals surface area contributed by atoms with Crippen LogP contribution in [0.5, 0.6) is 0 Å². The molecule has 2 aromatic heterocycles. The number of rotatable bonds is 7. The minimum Gasteiger partial charge on any atom is -0.461 e. The number of hydrogen-bond donors (Lipinski definition) is 0. The lowest BCUT2D eigenvalue weighted by atomic mass is 10.2. The fraction of sp³-hybridized carbons (Fsp3) is 0.217. The zero-order valence-corrected chi connectivity index (χ0v) is 18.2. The first-order valence-corrected chi connectivity index (χ1v) is 12.0. The molecule has 0 saturated carbocycles. The second-order valence-electron chi connectivity index (χ2n) is 7.14. The molecule has 31 heavy (non-hydrogen) atoms. The van der Waals surface area contributed by atoms with Crippen molar-refractivity contribution in [2.75, 3.05) is 6.66 Å². The predicted molar refractivity (Wildman–Crippen MR) is 121 cm³/mol. The van der Waals surface area contributed by atoms with Crippen molar-refractivity contribution in [1.82, 2.24) is 15.2 Å². The van der Waals surface area contributed by atoms with Gasteiger partial charge in [0.15, 0.2) is 18.2 Å². The molecule has 156 valence electrons. The van der Waals surface area contributed by atoms with E-state index in [9.17, 15) is 4.79 Å². The predicted octanol–water partition coefficient (Wildman–Crippen LogP) is 4.11. The first-order chi connectivity index (χ1) is 15.2. The average Bonchev–Trinajstić information content (AvgIpc) is 3.00. The lowest BCUT2D eigenvalue weighted by Crippen LogP contribution is -2.32. The summed E-state index contributed by atoms with van der Waals surface area (Å²) in [5.41, 5.74) is 2.61. The number of benzene rings is 1.